The van der Waals surface area contributed by atoms with E-state index in [9.17, 15) is 4.21 Å². The summed E-state index contributed by atoms with van der Waals surface area (Å²) in [4.78, 5) is 0. The third-order valence-corrected chi connectivity index (χ3v) is 2.47. The van der Waals surface area contributed by atoms with Gasteiger partial charge >= 0.3 is 0 Å². The standard InChI is InChI=1S/C7H15NOS/c1-6(2)8-10(9)7(3,4)5/h8H,1H2,2-5H3. The summed E-state index contributed by atoms with van der Waals surface area (Å²) in [6, 6.07) is 0. The van der Waals surface area contributed by atoms with E-state index in [0.717, 1.165) is 5.70 Å². The van der Waals surface area contributed by atoms with Crippen LogP contribution in [-0.2, 0) is 11.0 Å². The second kappa shape index (κ2) is 3.19. The Balaban J connectivity index is 3.99. The minimum absolute atomic E-state index is 0.209. The molecule has 3 heteroatoms. The van der Waals surface area contributed by atoms with E-state index in [4.69, 9.17) is 0 Å². The van der Waals surface area contributed by atoms with Crippen LogP contribution in [0.4, 0.5) is 0 Å². The van der Waals surface area contributed by atoms with Gasteiger partial charge in [0.1, 0.15) is 11.0 Å². The minimum Gasteiger partial charge on any atom is -0.309 e. The average molecular weight is 161 g/mol. The van der Waals surface area contributed by atoms with Crippen molar-refractivity contribution < 1.29 is 4.21 Å². The molecule has 0 aromatic rings. The largest absolute Gasteiger partial charge is 0.309 e. The monoisotopic (exact) mass is 161 g/mol. The summed E-state index contributed by atoms with van der Waals surface area (Å²) < 4.78 is 13.8. The molecule has 10 heavy (non-hydrogen) atoms. The lowest BCUT2D eigenvalue weighted by atomic mass is 10.3. The molecule has 0 amide bonds. The van der Waals surface area contributed by atoms with Gasteiger partial charge < -0.3 is 4.72 Å². The Morgan fingerprint density at radius 3 is 2.00 bits per heavy atom. The molecular formula is C7H15NOS. The zero-order chi connectivity index (χ0) is 8.36. The highest BCUT2D eigenvalue weighted by molar-refractivity contribution is 7.84. The Labute approximate surface area is 65.3 Å². The van der Waals surface area contributed by atoms with Gasteiger partial charge in [-0.25, -0.2) is 4.21 Å². The molecule has 0 spiro atoms. The summed E-state index contributed by atoms with van der Waals surface area (Å²) in [5.41, 5.74) is 0.744. The van der Waals surface area contributed by atoms with Crippen molar-refractivity contribution in [2.75, 3.05) is 0 Å². The van der Waals surface area contributed by atoms with Gasteiger partial charge in [-0.15, -0.1) is 0 Å². The van der Waals surface area contributed by atoms with E-state index in [1.54, 1.807) is 6.92 Å². The fourth-order valence-electron chi connectivity index (χ4n) is 0.311. The lowest BCUT2D eigenvalue weighted by molar-refractivity contribution is 0.642. The minimum atomic E-state index is -1.02. The maximum atomic E-state index is 11.2. The lowest BCUT2D eigenvalue weighted by Gasteiger charge is -2.18. The summed E-state index contributed by atoms with van der Waals surface area (Å²) in [5.74, 6) is 0. The van der Waals surface area contributed by atoms with Crippen LogP contribution in [-0.4, -0.2) is 8.96 Å². The van der Waals surface area contributed by atoms with Crippen LogP contribution in [0, 0.1) is 0 Å². The number of rotatable bonds is 2. The van der Waals surface area contributed by atoms with Crippen molar-refractivity contribution in [1.29, 1.82) is 0 Å². The average Bonchev–Trinajstić information content (AvgIpc) is 1.60. The van der Waals surface area contributed by atoms with Crippen molar-refractivity contribution in [2.24, 2.45) is 0 Å². The SMILES string of the molecule is C=C(C)NS(=O)C(C)(C)C. The molecule has 0 aliphatic rings. The predicted octanol–water partition coefficient (Wildman–Crippen LogP) is 1.57. The van der Waals surface area contributed by atoms with Gasteiger partial charge in [0, 0.05) is 5.70 Å². The van der Waals surface area contributed by atoms with Crippen LogP contribution in [0.5, 0.6) is 0 Å². The third-order valence-electron chi connectivity index (χ3n) is 0.823. The van der Waals surface area contributed by atoms with Gasteiger partial charge in [-0.05, 0) is 27.7 Å². The van der Waals surface area contributed by atoms with Crippen molar-refractivity contribution in [3.8, 4) is 0 Å². The third kappa shape index (κ3) is 3.67. The van der Waals surface area contributed by atoms with E-state index < -0.39 is 11.0 Å². The molecule has 0 saturated heterocycles. The molecule has 0 rings (SSSR count). The molecule has 0 aliphatic heterocycles. The Hall–Kier alpha value is -0.310. The van der Waals surface area contributed by atoms with Crippen LogP contribution in [0.1, 0.15) is 27.7 Å². The van der Waals surface area contributed by atoms with E-state index in [1.807, 2.05) is 20.8 Å². The molecule has 0 aliphatic carbocycles. The van der Waals surface area contributed by atoms with Crippen LogP contribution < -0.4 is 4.72 Å². The van der Waals surface area contributed by atoms with E-state index in [1.165, 1.54) is 0 Å². The van der Waals surface area contributed by atoms with Crippen LogP contribution in [0.3, 0.4) is 0 Å². The first-order valence-electron chi connectivity index (χ1n) is 3.18. The van der Waals surface area contributed by atoms with Gasteiger partial charge in [-0.2, -0.15) is 0 Å². The fourth-order valence-corrected chi connectivity index (χ4v) is 0.934. The quantitative estimate of drug-likeness (QED) is 0.654. The molecule has 0 radical (unpaired) electrons. The molecular weight excluding hydrogens is 146 g/mol. The molecule has 2 nitrogen and oxygen atoms in total. The second-order valence-electron chi connectivity index (χ2n) is 3.26. The molecule has 0 saturated carbocycles. The first kappa shape index (κ1) is 9.69. The molecule has 0 fully saturated rings. The summed E-state index contributed by atoms with van der Waals surface area (Å²) in [5, 5.41) is 0. The van der Waals surface area contributed by atoms with E-state index in [2.05, 4.69) is 11.3 Å². The van der Waals surface area contributed by atoms with Crippen molar-refractivity contribution in [3.05, 3.63) is 12.3 Å². The zero-order valence-corrected chi connectivity index (χ0v) is 7.84. The summed E-state index contributed by atoms with van der Waals surface area (Å²) in [7, 11) is -1.02. The molecule has 0 bridgehead atoms. The number of nitrogens with one attached hydrogen (secondary N) is 1. The highest BCUT2D eigenvalue weighted by atomic mass is 32.2. The van der Waals surface area contributed by atoms with Crippen molar-refractivity contribution >= 4 is 11.0 Å². The Kier molecular flexibility index (Phi) is 3.09. The maximum absolute atomic E-state index is 11.2. The molecule has 1 unspecified atom stereocenters. The van der Waals surface area contributed by atoms with Crippen LogP contribution in [0.2, 0.25) is 0 Å². The number of hydrogen-bond donors (Lipinski definition) is 1. The van der Waals surface area contributed by atoms with E-state index in [0.29, 0.717) is 0 Å². The topological polar surface area (TPSA) is 29.1 Å². The number of allylic oxidation sites excluding steroid dienone is 1. The van der Waals surface area contributed by atoms with Crippen LogP contribution in [0.15, 0.2) is 12.3 Å². The first-order valence-corrected chi connectivity index (χ1v) is 4.33. The second-order valence-corrected chi connectivity index (χ2v) is 5.23. The maximum Gasteiger partial charge on any atom is 0.122 e. The molecule has 0 heterocycles. The van der Waals surface area contributed by atoms with Gasteiger partial charge in [0.15, 0.2) is 0 Å². The van der Waals surface area contributed by atoms with Gasteiger partial charge in [0.2, 0.25) is 0 Å². The van der Waals surface area contributed by atoms with Gasteiger partial charge in [0.25, 0.3) is 0 Å². The molecule has 1 N–H and O–H groups in total. The molecule has 60 valence electrons. The Morgan fingerprint density at radius 1 is 1.50 bits per heavy atom. The highest BCUT2D eigenvalue weighted by Gasteiger charge is 2.18. The highest BCUT2D eigenvalue weighted by Crippen LogP contribution is 2.09. The Bertz CT molecular complexity index is 157. The van der Waals surface area contributed by atoms with Crippen molar-refractivity contribution in [3.63, 3.8) is 0 Å². The van der Waals surface area contributed by atoms with Crippen LogP contribution in [0.25, 0.3) is 0 Å². The molecule has 0 aromatic carbocycles. The number of hydrogen-bond acceptors (Lipinski definition) is 1. The summed E-state index contributed by atoms with van der Waals surface area (Å²) in [6.45, 7) is 11.1. The summed E-state index contributed by atoms with van der Waals surface area (Å²) in [6.07, 6.45) is 0. The smallest absolute Gasteiger partial charge is 0.122 e. The molecule has 0 aromatic heterocycles. The fraction of sp³-hybridized carbons (Fsp3) is 0.714. The normalized spacial score (nSPS) is 14.4. The zero-order valence-electron chi connectivity index (χ0n) is 7.02. The Morgan fingerprint density at radius 2 is 1.90 bits per heavy atom. The molecule has 1 atom stereocenters. The van der Waals surface area contributed by atoms with Crippen molar-refractivity contribution in [2.45, 2.75) is 32.4 Å². The lowest BCUT2D eigenvalue weighted by Crippen LogP contribution is -2.31. The van der Waals surface area contributed by atoms with Gasteiger partial charge in [-0.3, -0.25) is 0 Å². The van der Waals surface area contributed by atoms with Crippen molar-refractivity contribution in [1.82, 2.24) is 4.72 Å². The van der Waals surface area contributed by atoms with Crippen LogP contribution >= 0.6 is 0 Å². The first-order chi connectivity index (χ1) is 4.34. The van der Waals surface area contributed by atoms with E-state index in [-0.39, 0.29) is 4.75 Å². The summed E-state index contributed by atoms with van der Waals surface area (Å²) >= 11 is 0. The van der Waals surface area contributed by atoms with Gasteiger partial charge in [0.05, 0.1) is 4.75 Å². The van der Waals surface area contributed by atoms with Gasteiger partial charge in [-0.1, -0.05) is 6.58 Å². The predicted molar refractivity (Wildman–Crippen MR) is 45.8 cm³/mol. The van der Waals surface area contributed by atoms with E-state index >= 15 is 0 Å².